The van der Waals surface area contributed by atoms with Crippen molar-refractivity contribution in [1.29, 1.82) is 0 Å². The predicted molar refractivity (Wildman–Crippen MR) is 82.0 cm³/mol. The average molecular weight is 348 g/mol. The average Bonchev–Trinajstić information content (AvgIpc) is 2.54. The first-order valence-corrected chi connectivity index (χ1v) is 7.99. The molecule has 6 heteroatoms. The molecule has 1 aliphatic rings. The first kappa shape index (κ1) is 18.7. The zero-order valence-electron chi connectivity index (χ0n) is 13.6. The van der Waals surface area contributed by atoms with E-state index in [4.69, 9.17) is 4.74 Å². The van der Waals surface area contributed by atoms with E-state index < -0.39 is 24.2 Å². The Hall–Kier alpha value is -1.59. The molecule has 134 valence electrons. The molecular weight excluding hydrogens is 327 g/mol. The second-order valence-corrected chi connectivity index (χ2v) is 6.32. The molecule has 0 aliphatic heterocycles. The van der Waals surface area contributed by atoms with Gasteiger partial charge in [0.2, 0.25) is 5.82 Å². The molecule has 1 saturated carbocycles. The zero-order valence-corrected chi connectivity index (χ0v) is 13.6. The lowest BCUT2D eigenvalue weighted by Gasteiger charge is -2.31. The van der Waals surface area contributed by atoms with Gasteiger partial charge in [-0.3, -0.25) is 0 Å². The number of halogens is 5. The number of alkyl halides is 3. The van der Waals surface area contributed by atoms with Crippen molar-refractivity contribution in [2.75, 3.05) is 7.11 Å². The van der Waals surface area contributed by atoms with Crippen LogP contribution in [0.1, 0.15) is 50.0 Å². The van der Waals surface area contributed by atoms with Gasteiger partial charge in [-0.25, -0.2) is 4.39 Å². The normalized spacial score (nSPS) is 21.6. The highest BCUT2D eigenvalue weighted by Crippen LogP contribution is 2.44. The van der Waals surface area contributed by atoms with Crippen LogP contribution in [0.4, 0.5) is 22.0 Å². The summed E-state index contributed by atoms with van der Waals surface area (Å²) >= 11 is 0. The van der Waals surface area contributed by atoms with Crippen LogP contribution in [0.3, 0.4) is 0 Å². The number of rotatable bonds is 5. The van der Waals surface area contributed by atoms with Gasteiger partial charge in [0.05, 0.1) is 7.11 Å². The SMILES string of the molecule is C=C(CCC(F)(F)F)C1CCCC(c2ccc(F)c(F)c2OC)C1. The Kier molecular flexibility index (Phi) is 5.88. The molecule has 0 spiro atoms. The Morgan fingerprint density at radius 1 is 1.25 bits per heavy atom. The van der Waals surface area contributed by atoms with Crippen LogP contribution in [0.2, 0.25) is 0 Å². The van der Waals surface area contributed by atoms with E-state index in [0.717, 1.165) is 25.3 Å². The Bertz CT molecular complexity index is 594. The first-order valence-electron chi connectivity index (χ1n) is 7.99. The molecule has 2 rings (SSSR count). The first-order chi connectivity index (χ1) is 11.2. The molecule has 1 aliphatic carbocycles. The highest BCUT2D eigenvalue weighted by molar-refractivity contribution is 5.39. The van der Waals surface area contributed by atoms with Crippen molar-refractivity contribution in [1.82, 2.24) is 0 Å². The standard InChI is InChI=1S/C18H21F5O/c1-11(8-9-18(21,22)23)12-4-3-5-13(10-12)14-6-7-15(19)16(20)17(14)24-2/h6-7,12-13H,1,3-5,8-10H2,2H3. The second kappa shape index (κ2) is 7.53. The quantitative estimate of drug-likeness (QED) is 0.458. The highest BCUT2D eigenvalue weighted by Gasteiger charge is 2.31. The summed E-state index contributed by atoms with van der Waals surface area (Å²) in [6, 6.07) is 2.57. The molecule has 1 aromatic rings. The molecule has 0 N–H and O–H groups in total. The highest BCUT2D eigenvalue weighted by atomic mass is 19.4. The molecule has 0 heterocycles. The zero-order chi connectivity index (χ0) is 17.9. The van der Waals surface area contributed by atoms with Crippen LogP contribution in [0, 0.1) is 17.6 Å². The summed E-state index contributed by atoms with van der Waals surface area (Å²) in [5.74, 6) is -2.22. The molecule has 0 bridgehead atoms. The molecule has 0 saturated heterocycles. The Balaban J connectivity index is 2.11. The smallest absolute Gasteiger partial charge is 0.389 e. The third-order valence-electron chi connectivity index (χ3n) is 4.71. The van der Waals surface area contributed by atoms with Crippen LogP contribution >= 0.6 is 0 Å². The van der Waals surface area contributed by atoms with Crippen molar-refractivity contribution >= 4 is 0 Å². The molecule has 1 nitrogen and oxygen atoms in total. The number of methoxy groups -OCH3 is 1. The monoisotopic (exact) mass is 348 g/mol. The van der Waals surface area contributed by atoms with Gasteiger partial charge >= 0.3 is 6.18 Å². The van der Waals surface area contributed by atoms with Gasteiger partial charge < -0.3 is 4.74 Å². The minimum absolute atomic E-state index is 0.0380. The maximum Gasteiger partial charge on any atom is 0.389 e. The Morgan fingerprint density at radius 2 is 1.96 bits per heavy atom. The molecule has 1 aromatic carbocycles. The van der Waals surface area contributed by atoms with E-state index in [0.29, 0.717) is 17.6 Å². The molecule has 1 fully saturated rings. The van der Waals surface area contributed by atoms with Crippen molar-refractivity contribution in [2.24, 2.45) is 5.92 Å². The summed E-state index contributed by atoms with van der Waals surface area (Å²) < 4.78 is 69.4. The van der Waals surface area contributed by atoms with E-state index in [9.17, 15) is 22.0 Å². The van der Waals surface area contributed by atoms with Gasteiger partial charge in [0.1, 0.15) is 0 Å². The van der Waals surface area contributed by atoms with Crippen LogP contribution in [0.15, 0.2) is 24.3 Å². The van der Waals surface area contributed by atoms with Crippen LogP contribution in [0.25, 0.3) is 0 Å². The fraction of sp³-hybridized carbons (Fsp3) is 0.556. The molecular formula is C18H21F5O. The molecule has 0 aromatic heterocycles. The molecule has 2 atom stereocenters. The maximum absolute atomic E-state index is 13.9. The Labute approximate surface area is 138 Å². The lowest BCUT2D eigenvalue weighted by molar-refractivity contribution is -0.134. The Morgan fingerprint density at radius 3 is 2.58 bits per heavy atom. The minimum atomic E-state index is -4.19. The van der Waals surface area contributed by atoms with Gasteiger partial charge in [-0.1, -0.05) is 24.6 Å². The summed E-state index contributed by atoms with van der Waals surface area (Å²) in [5, 5.41) is 0. The number of hydrogen-bond donors (Lipinski definition) is 0. The topological polar surface area (TPSA) is 9.23 Å². The molecule has 2 unspecified atom stereocenters. The largest absolute Gasteiger partial charge is 0.493 e. The predicted octanol–water partition coefficient (Wildman–Crippen LogP) is 6.15. The number of hydrogen-bond acceptors (Lipinski definition) is 1. The van der Waals surface area contributed by atoms with E-state index in [1.807, 2.05) is 0 Å². The van der Waals surface area contributed by atoms with Gasteiger partial charge in [0, 0.05) is 12.0 Å². The summed E-state index contributed by atoms with van der Waals surface area (Å²) in [6.45, 7) is 3.82. The fourth-order valence-electron chi connectivity index (χ4n) is 3.43. The van der Waals surface area contributed by atoms with Crippen molar-refractivity contribution in [3.63, 3.8) is 0 Å². The number of allylic oxidation sites excluding steroid dienone is 1. The van der Waals surface area contributed by atoms with E-state index in [1.54, 1.807) is 0 Å². The van der Waals surface area contributed by atoms with Crippen molar-refractivity contribution in [2.45, 2.75) is 50.6 Å². The van der Waals surface area contributed by atoms with Gasteiger partial charge in [0.15, 0.2) is 11.6 Å². The lowest BCUT2D eigenvalue weighted by Crippen LogP contribution is -2.18. The maximum atomic E-state index is 13.9. The third kappa shape index (κ3) is 4.48. The van der Waals surface area contributed by atoms with Crippen LogP contribution in [-0.2, 0) is 0 Å². The van der Waals surface area contributed by atoms with E-state index in [-0.39, 0.29) is 24.0 Å². The summed E-state index contributed by atoms with van der Waals surface area (Å²) in [6.07, 6.45) is -2.22. The van der Waals surface area contributed by atoms with Crippen molar-refractivity contribution in [3.05, 3.63) is 41.5 Å². The third-order valence-corrected chi connectivity index (χ3v) is 4.71. The summed E-state index contributed by atoms with van der Waals surface area (Å²) in [7, 11) is 1.28. The summed E-state index contributed by atoms with van der Waals surface area (Å²) in [5.41, 5.74) is 1.16. The molecule has 24 heavy (non-hydrogen) atoms. The number of ether oxygens (including phenoxy) is 1. The lowest BCUT2D eigenvalue weighted by atomic mass is 9.74. The summed E-state index contributed by atoms with van der Waals surface area (Å²) in [4.78, 5) is 0. The van der Waals surface area contributed by atoms with Crippen LogP contribution < -0.4 is 4.74 Å². The van der Waals surface area contributed by atoms with Crippen LogP contribution in [-0.4, -0.2) is 13.3 Å². The van der Waals surface area contributed by atoms with Gasteiger partial charge in [-0.05, 0) is 43.6 Å². The second-order valence-electron chi connectivity index (χ2n) is 6.32. The fourth-order valence-corrected chi connectivity index (χ4v) is 3.43. The van der Waals surface area contributed by atoms with Crippen LogP contribution in [0.5, 0.6) is 5.75 Å². The van der Waals surface area contributed by atoms with Gasteiger partial charge in [-0.2, -0.15) is 17.6 Å². The van der Waals surface area contributed by atoms with E-state index in [2.05, 4.69) is 6.58 Å². The number of benzene rings is 1. The van der Waals surface area contributed by atoms with Gasteiger partial charge in [-0.15, -0.1) is 0 Å². The van der Waals surface area contributed by atoms with Gasteiger partial charge in [0.25, 0.3) is 0 Å². The van der Waals surface area contributed by atoms with E-state index >= 15 is 0 Å². The molecule has 0 radical (unpaired) electrons. The van der Waals surface area contributed by atoms with Crippen molar-refractivity contribution in [3.8, 4) is 5.75 Å². The van der Waals surface area contributed by atoms with Crippen molar-refractivity contribution < 1.29 is 26.7 Å². The minimum Gasteiger partial charge on any atom is -0.493 e. The molecule has 0 amide bonds. The van der Waals surface area contributed by atoms with E-state index in [1.165, 1.54) is 13.2 Å².